The number of nitrogens with one attached hydrogen (secondary N) is 2. The molecule has 2 aromatic rings. The molecule has 0 radical (unpaired) electrons. The zero-order chi connectivity index (χ0) is 19.6. The lowest BCUT2D eigenvalue weighted by Gasteiger charge is -2.10. The minimum absolute atomic E-state index is 0.0164. The van der Waals surface area contributed by atoms with E-state index in [-0.39, 0.29) is 24.6 Å². The van der Waals surface area contributed by atoms with E-state index in [0.29, 0.717) is 24.3 Å². The van der Waals surface area contributed by atoms with Crippen LogP contribution in [0.4, 0.5) is 4.39 Å². The maximum Gasteiger partial charge on any atom is 0.254 e. The molecular formula is C20H23FN2O4. The maximum absolute atomic E-state index is 13.5. The Labute approximate surface area is 157 Å². The molecule has 2 amide bonds. The maximum atomic E-state index is 13.5. The smallest absolute Gasteiger partial charge is 0.254 e. The van der Waals surface area contributed by atoms with Crippen molar-refractivity contribution < 1.29 is 23.5 Å². The predicted octanol–water partition coefficient (Wildman–Crippen LogP) is 2.32. The monoisotopic (exact) mass is 374 g/mol. The quantitative estimate of drug-likeness (QED) is 0.661. The number of benzene rings is 2. The third-order valence-corrected chi connectivity index (χ3v) is 3.94. The lowest BCUT2D eigenvalue weighted by Crippen LogP contribution is -2.35. The van der Waals surface area contributed by atoms with Crippen molar-refractivity contribution in [3.05, 3.63) is 59.4 Å². The first-order chi connectivity index (χ1) is 13.0. The Balaban J connectivity index is 1.71. The first-order valence-corrected chi connectivity index (χ1v) is 8.55. The van der Waals surface area contributed by atoms with Gasteiger partial charge in [-0.1, -0.05) is 18.2 Å². The van der Waals surface area contributed by atoms with Gasteiger partial charge in [0, 0.05) is 19.5 Å². The van der Waals surface area contributed by atoms with Crippen LogP contribution >= 0.6 is 0 Å². The number of hydrogen-bond donors (Lipinski definition) is 2. The molecule has 0 bridgehead atoms. The Hall–Kier alpha value is -3.09. The fourth-order valence-electron chi connectivity index (χ4n) is 2.50. The summed E-state index contributed by atoms with van der Waals surface area (Å²) in [6, 6.07) is 11.3. The molecule has 0 aromatic heterocycles. The molecule has 0 saturated heterocycles. The standard InChI is InChI=1S/C20H23FN2O4/c1-26-17-9-7-14(13-18(17)27-2)8-10-19(24)22-11-12-23-20(25)15-5-3-4-6-16(15)21/h3-7,9,13H,8,10-12H2,1-2H3,(H,22,24)(H,23,25). The first kappa shape index (κ1) is 20.2. The summed E-state index contributed by atoms with van der Waals surface area (Å²) in [5.74, 6) is 0.0362. The summed E-state index contributed by atoms with van der Waals surface area (Å²) in [4.78, 5) is 23.8. The second kappa shape index (κ2) is 10.2. The summed E-state index contributed by atoms with van der Waals surface area (Å²) in [6.45, 7) is 0.486. The van der Waals surface area contributed by atoms with E-state index in [4.69, 9.17) is 9.47 Å². The van der Waals surface area contributed by atoms with E-state index in [1.807, 2.05) is 12.1 Å². The molecule has 0 aliphatic carbocycles. The predicted molar refractivity (Wildman–Crippen MR) is 99.6 cm³/mol. The highest BCUT2D eigenvalue weighted by molar-refractivity contribution is 5.94. The molecule has 0 atom stereocenters. The van der Waals surface area contributed by atoms with Gasteiger partial charge in [0.25, 0.3) is 5.91 Å². The average molecular weight is 374 g/mol. The third kappa shape index (κ3) is 5.99. The van der Waals surface area contributed by atoms with E-state index < -0.39 is 11.7 Å². The number of methoxy groups -OCH3 is 2. The zero-order valence-corrected chi connectivity index (χ0v) is 15.4. The van der Waals surface area contributed by atoms with E-state index in [1.165, 1.54) is 18.2 Å². The second-order valence-electron chi connectivity index (χ2n) is 5.78. The van der Waals surface area contributed by atoms with Gasteiger partial charge in [0.1, 0.15) is 5.82 Å². The molecule has 2 aromatic carbocycles. The summed E-state index contributed by atoms with van der Waals surface area (Å²) in [6.07, 6.45) is 0.852. The molecule has 0 saturated carbocycles. The van der Waals surface area contributed by atoms with Crippen LogP contribution in [0.2, 0.25) is 0 Å². The van der Waals surface area contributed by atoms with Gasteiger partial charge in [0.2, 0.25) is 5.91 Å². The molecule has 144 valence electrons. The van der Waals surface area contributed by atoms with Gasteiger partial charge in [-0.25, -0.2) is 4.39 Å². The SMILES string of the molecule is COc1ccc(CCC(=O)NCCNC(=O)c2ccccc2F)cc1OC. The Morgan fingerprint density at radius 2 is 1.67 bits per heavy atom. The van der Waals surface area contributed by atoms with E-state index in [0.717, 1.165) is 5.56 Å². The van der Waals surface area contributed by atoms with Crippen LogP contribution in [0.25, 0.3) is 0 Å². The molecule has 7 heteroatoms. The molecule has 0 heterocycles. The lowest BCUT2D eigenvalue weighted by molar-refractivity contribution is -0.121. The fraction of sp³-hybridized carbons (Fsp3) is 0.300. The van der Waals surface area contributed by atoms with E-state index >= 15 is 0 Å². The number of aryl methyl sites for hydroxylation is 1. The highest BCUT2D eigenvalue weighted by atomic mass is 19.1. The van der Waals surface area contributed by atoms with Gasteiger partial charge in [-0.05, 0) is 36.2 Å². The average Bonchev–Trinajstić information content (AvgIpc) is 2.69. The lowest BCUT2D eigenvalue weighted by atomic mass is 10.1. The van der Waals surface area contributed by atoms with Crippen LogP contribution in [0.15, 0.2) is 42.5 Å². The van der Waals surface area contributed by atoms with Crippen molar-refractivity contribution in [1.82, 2.24) is 10.6 Å². The molecule has 0 spiro atoms. The zero-order valence-electron chi connectivity index (χ0n) is 15.4. The number of carbonyl (C=O) groups excluding carboxylic acids is 2. The van der Waals surface area contributed by atoms with Crippen LogP contribution in [0.3, 0.4) is 0 Å². The van der Waals surface area contributed by atoms with Crippen molar-refractivity contribution in [2.45, 2.75) is 12.8 Å². The summed E-state index contributed by atoms with van der Waals surface area (Å²) < 4.78 is 23.9. The highest BCUT2D eigenvalue weighted by Crippen LogP contribution is 2.27. The van der Waals surface area contributed by atoms with Crippen LogP contribution in [0, 0.1) is 5.82 Å². The third-order valence-electron chi connectivity index (χ3n) is 3.94. The normalized spacial score (nSPS) is 10.2. The minimum Gasteiger partial charge on any atom is -0.493 e. The van der Waals surface area contributed by atoms with E-state index in [2.05, 4.69) is 10.6 Å². The molecule has 2 rings (SSSR count). The van der Waals surface area contributed by atoms with Crippen LogP contribution in [0.5, 0.6) is 11.5 Å². The molecule has 6 nitrogen and oxygen atoms in total. The van der Waals surface area contributed by atoms with Crippen molar-refractivity contribution in [3.63, 3.8) is 0 Å². The topological polar surface area (TPSA) is 76.7 Å². The second-order valence-corrected chi connectivity index (χ2v) is 5.78. The fourth-order valence-corrected chi connectivity index (χ4v) is 2.50. The van der Waals surface area contributed by atoms with Crippen molar-refractivity contribution in [2.24, 2.45) is 0 Å². The van der Waals surface area contributed by atoms with Gasteiger partial charge >= 0.3 is 0 Å². The summed E-state index contributed by atoms with van der Waals surface area (Å²) in [7, 11) is 3.12. The molecule has 0 fully saturated rings. The largest absolute Gasteiger partial charge is 0.493 e. The van der Waals surface area contributed by atoms with Gasteiger partial charge < -0.3 is 20.1 Å². The Morgan fingerprint density at radius 1 is 0.963 bits per heavy atom. The highest BCUT2D eigenvalue weighted by Gasteiger charge is 2.10. The Kier molecular flexibility index (Phi) is 7.61. The molecule has 27 heavy (non-hydrogen) atoms. The molecule has 0 aliphatic rings. The van der Waals surface area contributed by atoms with E-state index in [1.54, 1.807) is 26.4 Å². The van der Waals surface area contributed by atoms with Crippen molar-refractivity contribution in [2.75, 3.05) is 27.3 Å². The number of amides is 2. The van der Waals surface area contributed by atoms with Crippen molar-refractivity contribution in [3.8, 4) is 11.5 Å². The molecular weight excluding hydrogens is 351 g/mol. The van der Waals surface area contributed by atoms with Gasteiger partial charge in [0.05, 0.1) is 19.8 Å². The van der Waals surface area contributed by atoms with E-state index in [9.17, 15) is 14.0 Å². The van der Waals surface area contributed by atoms with Crippen molar-refractivity contribution in [1.29, 1.82) is 0 Å². The summed E-state index contributed by atoms with van der Waals surface area (Å²) in [5.41, 5.74) is 0.938. The van der Waals surface area contributed by atoms with Gasteiger partial charge in [-0.15, -0.1) is 0 Å². The van der Waals surface area contributed by atoms with Crippen LogP contribution in [-0.4, -0.2) is 39.1 Å². The number of ether oxygens (including phenoxy) is 2. The molecule has 2 N–H and O–H groups in total. The Bertz CT molecular complexity index is 795. The number of hydrogen-bond acceptors (Lipinski definition) is 4. The summed E-state index contributed by atoms with van der Waals surface area (Å²) >= 11 is 0. The minimum atomic E-state index is -0.575. The molecule has 0 unspecified atom stereocenters. The van der Waals surface area contributed by atoms with Gasteiger partial charge in [0.15, 0.2) is 11.5 Å². The first-order valence-electron chi connectivity index (χ1n) is 8.55. The van der Waals surface area contributed by atoms with Crippen LogP contribution in [0.1, 0.15) is 22.3 Å². The molecule has 0 aliphatic heterocycles. The number of carbonyl (C=O) groups is 2. The van der Waals surface area contributed by atoms with Crippen molar-refractivity contribution >= 4 is 11.8 Å². The van der Waals surface area contributed by atoms with Crippen LogP contribution in [-0.2, 0) is 11.2 Å². The van der Waals surface area contributed by atoms with Crippen LogP contribution < -0.4 is 20.1 Å². The van der Waals surface area contributed by atoms with Gasteiger partial charge in [-0.2, -0.15) is 0 Å². The Morgan fingerprint density at radius 3 is 2.37 bits per heavy atom. The number of rotatable bonds is 9. The summed E-state index contributed by atoms with van der Waals surface area (Å²) in [5, 5.41) is 5.29. The van der Waals surface area contributed by atoms with Gasteiger partial charge in [-0.3, -0.25) is 9.59 Å². The number of halogens is 1.